The molecule has 3 atom stereocenters. The molecule has 0 saturated carbocycles. The Balaban J connectivity index is 2.11. The SMILES string of the molecule is CCC(C)C(N)C(=O)NC1CCCOc2ccccc21. The summed E-state index contributed by atoms with van der Waals surface area (Å²) in [5.41, 5.74) is 7.05. The summed E-state index contributed by atoms with van der Waals surface area (Å²) in [5.74, 6) is 0.987. The molecule has 0 aromatic heterocycles. The Morgan fingerprint density at radius 3 is 3.00 bits per heavy atom. The molecule has 0 spiro atoms. The van der Waals surface area contributed by atoms with Gasteiger partial charge in [0.25, 0.3) is 0 Å². The van der Waals surface area contributed by atoms with E-state index in [9.17, 15) is 4.79 Å². The quantitative estimate of drug-likeness (QED) is 0.887. The van der Waals surface area contributed by atoms with E-state index in [0.29, 0.717) is 6.61 Å². The Morgan fingerprint density at radius 1 is 1.50 bits per heavy atom. The maximum atomic E-state index is 12.3. The van der Waals surface area contributed by atoms with Gasteiger partial charge in [-0.15, -0.1) is 0 Å². The van der Waals surface area contributed by atoms with E-state index < -0.39 is 6.04 Å². The molecule has 0 saturated heterocycles. The lowest BCUT2D eigenvalue weighted by Gasteiger charge is -2.23. The summed E-state index contributed by atoms with van der Waals surface area (Å²) in [5, 5.41) is 3.09. The van der Waals surface area contributed by atoms with Crippen LogP contribution in [0, 0.1) is 5.92 Å². The fourth-order valence-corrected chi connectivity index (χ4v) is 2.46. The van der Waals surface area contributed by atoms with Gasteiger partial charge < -0.3 is 15.8 Å². The van der Waals surface area contributed by atoms with E-state index in [1.165, 1.54) is 0 Å². The molecule has 1 aliphatic rings. The number of hydrogen-bond acceptors (Lipinski definition) is 3. The zero-order valence-corrected chi connectivity index (χ0v) is 12.3. The first-order valence-corrected chi connectivity index (χ1v) is 7.41. The van der Waals surface area contributed by atoms with Gasteiger partial charge in [-0.1, -0.05) is 38.5 Å². The van der Waals surface area contributed by atoms with Crippen molar-refractivity contribution < 1.29 is 9.53 Å². The zero-order chi connectivity index (χ0) is 14.5. The molecule has 4 heteroatoms. The van der Waals surface area contributed by atoms with E-state index in [1.807, 2.05) is 38.1 Å². The van der Waals surface area contributed by atoms with E-state index in [-0.39, 0.29) is 17.9 Å². The van der Waals surface area contributed by atoms with Gasteiger partial charge in [0.2, 0.25) is 5.91 Å². The Kier molecular flexibility index (Phi) is 5.01. The number of rotatable bonds is 4. The number of amides is 1. The van der Waals surface area contributed by atoms with Crippen LogP contribution in [-0.4, -0.2) is 18.6 Å². The van der Waals surface area contributed by atoms with Crippen LogP contribution in [0.3, 0.4) is 0 Å². The van der Waals surface area contributed by atoms with E-state index in [1.54, 1.807) is 0 Å². The van der Waals surface area contributed by atoms with E-state index in [2.05, 4.69) is 5.32 Å². The van der Waals surface area contributed by atoms with Crippen LogP contribution in [0.4, 0.5) is 0 Å². The molecule has 1 aromatic carbocycles. The summed E-state index contributed by atoms with van der Waals surface area (Å²) in [4.78, 5) is 12.3. The van der Waals surface area contributed by atoms with Crippen LogP contribution >= 0.6 is 0 Å². The molecule has 2 rings (SSSR count). The van der Waals surface area contributed by atoms with Crippen molar-refractivity contribution in [1.82, 2.24) is 5.32 Å². The minimum Gasteiger partial charge on any atom is -0.493 e. The van der Waals surface area contributed by atoms with Gasteiger partial charge >= 0.3 is 0 Å². The standard InChI is InChI=1S/C16H24N2O2/c1-3-11(2)15(17)16(19)18-13-8-6-10-20-14-9-5-4-7-12(13)14/h4-5,7,9,11,13,15H,3,6,8,10,17H2,1-2H3,(H,18,19). The molecule has 110 valence electrons. The van der Waals surface area contributed by atoms with Gasteiger partial charge in [-0.05, 0) is 24.8 Å². The third-order valence-corrected chi connectivity index (χ3v) is 4.07. The van der Waals surface area contributed by atoms with Crippen LogP contribution in [0.2, 0.25) is 0 Å². The number of para-hydroxylation sites is 1. The Bertz CT molecular complexity index is 462. The number of nitrogens with two attached hydrogens (primary N) is 1. The van der Waals surface area contributed by atoms with Crippen LogP contribution < -0.4 is 15.8 Å². The average Bonchev–Trinajstić information content (AvgIpc) is 2.68. The van der Waals surface area contributed by atoms with Gasteiger partial charge in [0.05, 0.1) is 18.7 Å². The van der Waals surface area contributed by atoms with Crippen molar-refractivity contribution >= 4 is 5.91 Å². The number of fused-ring (bicyclic) bond motifs is 1. The number of hydrogen-bond donors (Lipinski definition) is 2. The molecule has 0 radical (unpaired) electrons. The van der Waals surface area contributed by atoms with Crippen LogP contribution in [-0.2, 0) is 4.79 Å². The smallest absolute Gasteiger partial charge is 0.237 e. The molecule has 0 fully saturated rings. The average molecular weight is 276 g/mol. The normalized spacial score (nSPS) is 21.1. The molecule has 4 nitrogen and oxygen atoms in total. The zero-order valence-electron chi connectivity index (χ0n) is 12.3. The second-order valence-electron chi connectivity index (χ2n) is 5.50. The van der Waals surface area contributed by atoms with Crippen LogP contribution in [0.15, 0.2) is 24.3 Å². The van der Waals surface area contributed by atoms with Crippen LogP contribution in [0.5, 0.6) is 5.75 Å². The van der Waals surface area contributed by atoms with Crippen molar-refractivity contribution in [1.29, 1.82) is 0 Å². The van der Waals surface area contributed by atoms with Gasteiger partial charge in [0.1, 0.15) is 5.75 Å². The number of carbonyl (C=O) groups is 1. The third kappa shape index (κ3) is 3.31. The summed E-state index contributed by atoms with van der Waals surface area (Å²) in [6.45, 7) is 4.75. The largest absolute Gasteiger partial charge is 0.493 e. The highest BCUT2D eigenvalue weighted by molar-refractivity contribution is 5.82. The molecule has 1 aliphatic heterocycles. The minimum atomic E-state index is -0.448. The maximum Gasteiger partial charge on any atom is 0.237 e. The minimum absolute atomic E-state index is 0.00342. The Labute approximate surface area is 120 Å². The van der Waals surface area contributed by atoms with Crippen molar-refractivity contribution in [3.8, 4) is 5.75 Å². The van der Waals surface area contributed by atoms with Crippen LogP contribution in [0.1, 0.15) is 44.7 Å². The van der Waals surface area contributed by atoms with Gasteiger partial charge in [0, 0.05) is 5.56 Å². The van der Waals surface area contributed by atoms with Crippen molar-refractivity contribution in [3.63, 3.8) is 0 Å². The summed E-state index contributed by atoms with van der Waals surface area (Å²) < 4.78 is 5.71. The number of carbonyl (C=O) groups excluding carboxylic acids is 1. The number of ether oxygens (including phenoxy) is 1. The van der Waals surface area contributed by atoms with Crippen LogP contribution in [0.25, 0.3) is 0 Å². The maximum absolute atomic E-state index is 12.3. The molecular formula is C16H24N2O2. The summed E-state index contributed by atoms with van der Waals surface area (Å²) in [6.07, 6.45) is 2.72. The van der Waals surface area contributed by atoms with Crippen molar-refractivity contribution in [2.45, 2.75) is 45.2 Å². The molecule has 0 bridgehead atoms. The monoisotopic (exact) mass is 276 g/mol. The third-order valence-electron chi connectivity index (χ3n) is 4.07. The Hall–Kier alpha value is -1.55. The summed E-state index contributed by atoms with van der Waals surface area (Å²) in [6, 6.07) is 7.44. The highest BCUT2D eigenvalue weighted by Gasteiger charge is 2.25. The highest BCUT2D eigenvalue weighted by Crippen LogP contribution is 2.31. The van der Waals surface area contributed by atoms with Crippen molar-refractivity contribution in [2.75, 3.05) is 6.61 Å². The lowest BCUT2D eigenvalue weighted by Crippen LogP contribution is -2.45. The second kappa shape index (κ2) is 6.75. The molecule has 0 aliphatic carbocycles. The van der Waals surface area contributed by atoms with Crippen molar-refractivity contribution in [3.05, 3.63) is 29.8 Å². The lowest BCUT2D eigenvalue weighted by atomic mass is 9.97. The molecule has 3 N–H and O–H groups in total. The topological polar surface area (TPSA) is 64.4 Å². The van der Waals surface area contributed by atoms with Gasteiger partial charge in [-0.25, -0.2) is 0 Å². The molecule has 3 unspecified atom stereocenters. The molecule has 1 heterocycles. The second-order valence-corrected chi connectivity index (χ2v) is 5.50. The van der Waals surface area contributed by atoms with Gasteiger partial charge in [-0.3, -0.25) is 4.79 Å². The first kappa shape index (κ1) is 14.9. The van der Waals surface area contributed by atoms with Crippen molar-refractivity contribution in [2.24, 2.45) is 11.7 Å². The molecular weight excluding hydrogens is 252 g/mol. The Morgan fingerprint density at radius 2 is 2.25 bits per heavy atom. The van der Waals surface area contributed by atoms with E-state index in [0.717, 1.165) is 30.6 Å². The first-order valence-electron chi connectivity index (χ1n) is 7.41. The number of nitrogens with one attached hydrogen (secondary N) is 1. The predicted molar refractivity (Wildman–Crippen MR) is 79.5 cm³/mol. The number of benzene rings is 1. The lowest BCUT2D eigenvalue weighted by molar-refractivity contribution is -0.124. The molecule has 1 amide bonds. The predicted octanol–water partition coefficient (Wildman–Crippen LogP) is 2.39. The van der Waals surface area contributed by atoms with Gasteiger partial charge in [0.15, 0.2) is 0 Å². The fourth-order valence-electron chi connectivity index (χ4n) is 2.46. The summed E-state index contributed by atoms with van der Waals surface area (Å²) in [7, 11) is 0. The fraction of sp³-hybridized carbons (Fsp3) is 0.562. The van der Waals surface area contributed by atoms with Gasteiger partial charge in [-0.2, -0.15) is 0 Å². The summed E-state index contributed by atoms with van der Waals surface area (Å²) >= 11 is 0. The first-order chi connectivity index (χ1) is 9.63. The highest BCUT2D eigenvalue weighted by atomic mass is 16.5. The molecule has 1 aromatic rings. The van der Waals surface area contributed by atoms with E-state index >= 15 is 0 Å². The molecule has 20 heavy (non-hydrogen) atoms. The van der Waals surface area contributed by atoms with E-state index in [4.69, 9.17) is 10.5 Å².